The largest absolute Gasteiger partial charge is 0.272 e. The third-order valence-corrected chi connectivity index (χ3v) is 7.60. The van der Waals surface area contributed by atoms with Gasteiger partial charge in [0.25, 0.3) is 11.8 Å². The Morgan fingerprint density at radius 1 is 1.15 bits per heavy atom. The quantitative estimate of drug-likeness (QED) is 0.755. The van der Waals surface area contributed by atoms with Crippen LogP contribution in [0, 0.1) is 29.5 Å². The second kappa shape index (κ2) is 5.58. The van der Waals surface area contributed by atoms with Gasteiger partial charge in [-0.25, -0.2) is 14.4 Å². The van der Waals surface area contributed by atoms with Crippen LogP contribution in [0.3, 0.4) is 0 Å². The molecule has 1 aliphatic heterocycles. The molecule has 27 heavy (non-hydrogen) atoms. The zero-order valence-corrected chi connectivity index (χ0v) is 15.8. The summed E-state index contributed by atoms with van der Waals surface area (Å²) in [5.74, 6) is 2.00. The highest BCUT2D eigenvalue weighted by Gasteiger charge is 2.61. The fraction of sp³-hybridized carbons (Fsp3) is 0.619. The Kier molecular flexibility index (Phi) is 3.57. The van der Waals surface area contributed by atoms with Crippen LogP contribution in [0.15, 0.2) is 18.2 Å². The van der Waals surface area contributed by atoms with Crippen molar-refractivity contribution in [3.8, 4) is 0 Å². The van der Waals surface area contributed by atoms with Crippen LogP contribution in [0.1, 0.15) is 56.3 Å². The van der Waals surface area contributed by atoms with E-state index in [0.717, 1.165) is 30.6 Å². The number of nitrogens with zero attached hydrogens (tertiary/aromatic N) is 2. The molecule has 3 saturated carbocycles. The van der Waals surface area contributed by atoms with Crippen molar-refractivity contribution in [2.75, 3.05) is 0 Å². The highest BCUT2D eigenvalue weighted by molar-refractivity contribution is 6.36. The van der Waals surface area contributed by atoms with Gasteiger partial charge in [-0.1, -0.05) is 11.5 Å². The number of carbonyl (C=O) groups excluding carboxylic acids is 2. The molecule has 1 heterocycles. The van der Waals surface area contributed by atoms with Crippen LogP contribution in [0.5, 0.6) is 0 Å². The molecule has 2 bridgehead atoms. The summed E-state index contributed by atoms with van der Waals surface area (Å²) in [5.41, 5.74) is -0.566. The molecular weight excluding hydrogens is 342 g/mol. The first-order valence-corrected chi connectivity index (χ1v) is 10.0. The topological polar surface area (TPSA) is 40.6 Å². The molecule has 2 radical (unpaired) electrons. The fourth-order valence-electron chi connectivity index (χ4n) is 6.17. The van der Waals surface area contributed by atoms with Crippen molar-refractivity contribution in [3.05, 3.63) is 29.6 Å². The lowest BCUT2D eigenvalue weighted by molar-refractivity contribution is -0.213. The number of hydrogen-bond donors (Lipinski definition) is 0. The van der Waals surface area contributed by atoms with Gasteiger partial charge in [-0.2, -0.15) is 0 Å². The van der Waals surface area contributed by atoms with Gasteiger partial charge >= 0.3 is 0 Å². The number of hydrogen-bond acceptors (Lipinski definition) is 2. The van der Waals surface area contributed by atoms with Crippen LogP contribution in [0.4, 0.5) is 4.39 Å². The van der Waals surface area contributed by atoms with Crippen molar-refractivity contribution >= 4 is 25.1 Å². The predicted molar refractivity (Wildman–Crippen MR) is 99.7 cm³/mol. The van der Waals surface area contributed by atoms with Crippen molar-refractivity contribution in [1.29, 1.82) is 0 Å². The normalized spacial score (nSPS) is 36.1. The number of halogens is 1. The highest BCUT2D eigenvalue weighted by atomic mass is 19.1. The molecule has 4 fully saturated rings. The zero-order valence-electron chi connectivity index (χ0n) is 15.8. The zero-order chi connectivity index (χ0) is 19.1. The Labute approximate surface area is 160 Å². The Hall–Kier alpha value is -1.85. The molecule has 6 heteroatoms. The standard InChI is InChI=1S/C21H24BFN2O2/c1-21(2)20(27)24(18-6-3-11-7-12-8-13(18)9-15(11)12)25(21)19(26)16-10-14(23)4-5-17(16)22/h4-5,10-13,15,18H,3,6-9H2,1-2H3. The van der Waals surface area contributed by atoms with Crippen LogP contribution >= 0.6 is 0 Å². The van der Waals surface area contributed by atoms with Crippen molar-refractivity contribution < 1.29 is 14.0 Å². The Balaban J connectivity index is 1.48. The first-order valence-electron chi connectivity index (χ1n) is 10.0. The lowest BCUT2D eigenvalue weighted by Gasteiger charge is -2.59. The van der Waals surface area contributed by atoms with Gasteiger partial charge < -0.3 is 0 Å². The molecule has 4 nitrogen and oxygen atoms in total. The predicted octanol–water partition coefficient (Wildman–Crippen LogP) is 2.42. The molecular formula is C21H24BFN2O2. The van der Waals surface area contributed by atoms with E-state index in [1.807, 2.05) is 0 Å². The number of amides is 2. The molecule has 4 aliphatic rings. The number of benzene rings is 1. The molecule has 3 aliphatic carbocycles. The van der Waals surface area contributed by atoms with Crippen molar-refractivity contribution in [3.63, 3.8) is 0 Å². The molecule has 1 aromatic carbocycles. The summed E-state index contributed by atoms with van der Waals surface area (Å²) in [4.78, 5) is 26.3. The molecule has 2 amide bonds. The summed E-state index contributed by atoms with van der Waals surface area (Å²) in [6, 6.07) is 3.89. The molecule has 0 spiro atoms. The number of hydrazine groups is 1. The third kappa shape index (κ3) is 2.28. The van der Waals surface area contributed by atoms with Crippen molar-refractivity contribution in [2.24, 2.45) is 23.7 Å². The van der Waals surface area contributed by atoms with Crippen molar-refractivity contribution in [2.45, 2.75) is 57.5 Å². The average Bonchev–Trinajstić information content (AvgIpc) is 2.86. The van der Waals surface area contributed by atoms with E-state index in [0.29, 0.717) is 5.92 Å². The van der Waals surface area contributed by atoms with E-state index in [9.17, 15) is 14.0 Å². The van der Waals surface area contributed by atoms with Gasteiger partial charge in [-0.05, 0) is 81.8 Å². The first-order chi connectivity index (χ1) is 12.8. The van der Waals surface area contributed by atoms with E-state index in [4.69, 9.17) is 7.85 Å². The average molecular weight is 366 g/mol. The fourth-order valence-corrected chi connectivity index (χ4v) is 6.17. The van der Waals surface area contributed by atoms with Crippen LogP contribution in [0.25, 0.3) is 0 Å². The van der Waals surface area contributed by atoms with Crippen LogP contribution in [0.2, 0.25) is 0 Å². The number of rotatable bonds is 2. The van der Waals surface area contributed by atoms with Crippen molar-refractivity contribution in [1.82, 2.24) is 10.0 Å². The van der Waals surface area contributed by atoms with E-state index in [2.05, 4.69) is 0 Å². The van der Waals surface area contributed by atoms with Gasteiger partial charge in [-0.15, -0.1) is 0 Å². The minimum Gasteiger partial charge on any atom is -0.270 e. The van der Waals surface area contributed by atoms with Gasteiger partial charge in [0.2, 0.25) is 0 Å². The van der Waals surface area contributed by atoms with Crippen LogP contribution < -0.4 is 5.46 Å². The van der Waals surface area contributed by atoms with Gasteiger partial charge in [0.05, 0.1) is 6.04 Å². The minimum absolute atomic E-state index is 0.0187. The van der Waals surface area contributed by atoms with Crippen LogP contribution in [-0.4, -0.2) is 41.3 Å². The van der Waals surface area contributed by atoms with Gasteiger partial charge in [0.1, 0.15) is 19.2 Å². The molecule has 1 saturated heterocycles. The summed E-state index contributed by atoms with van der Waals surface area (Å²) in [7, 11) is 5.95. The second-order valence-electron chi connectivity index (χ2n) is 9.35. The summed E-state index contributed by atoms with van der Waals surface area (Å²) >= 11 is 0. The van der Waals surface area contributed by atoms with E-state index < -0.39 is 11.4 Å². The molecule has 140 valence electrons. The number of fused-ring (bicyclic) bond motifs is 1. The van der Waals surface area contributed by atoms with E-state index in [-0.39, 0.29) is 28.9 Å². The minimum atomic E-state index is -0.928. The van der Waals surface area contributed by atoms with E-state index in [1.165, 1.54) is 42.5 Å². The Bertz CT molecular complexity index is 841. The molecule has 5 atom stereocenters. The van der Waals surface area contributed by atoms with E-state index in [1.54, 1.807) is 18.9 Å². The second-order valence-corrected chi connectivity index (χ2v) is 9.35. The lowest BCUT2D eigenvalue weighted by atomic mass is 9.64. The number of carbonyl (C=O) groups is 2. The Morgan fingerprint density at radius 2 is 1.89 bits per heavy atom. The summed E-state index contributed by atoms with van der Waals surface area (Å²) in [5, 5.41) is 3.22. The molecule has 5 rings (SSSR count). The first kappa shape index (κ1) is 17.3. The SMILES string of the molecule is [B]c1ccc(F)cc1C(=O)N1N(C2CCC3CC4CC2CC34)C(=O)C1(C)C. The highest BCUT2D eigenvalue weighted by Crippen LogP contribution is 2.59. The maximum atomic E-state index is 13.7. The van der Waals surface area contributed by atoms with Gasteiger partial charge in [-0.3, -0.25) is 9.59 Å². The van der Waals surface area contributed by atoms with E-state index >= 15 is 0 Å². The third-order valence-electron chi connectivity index (χ3n) is 7.60. The smallest absolute Gasteiger partial charge is 0.270 e. The van der Waals surface area contributed by atoms with Gasteiger partial charge in [0, 0.05) is 5.56 Å². The molecule has 5 unspecified atom stereocenters. The summed E-state index contributed by atoms with van der Waals surface area (Å²) in [6.45, 7) is 3.51. The maximum absolute atomic E-state index is 13.7. The maximum Gasteiger partial charge on any atom is 0.272 e. The summed E-state index contributed by atoms with van der Waals surface area (Å²) < 4.78 is 13.7. The Morgan fingerprint density at radius 3 is 2.67 bits per heavy atom. The molecule has 0 aromatic heterocycles. The van der Waals surface area contributed by atoms with Crippen LogP contribution in [-0.2, 0) is 4.79 Å². The molecule has 1 aromatic rings. The monoisotopic (exact) mass is 366 g/mol. The molecule has 0 N–H and O–H groups in total. The lowest BCUT2D eigenvalue weighted by Crippen LogP contribution is -2.79. The van der Waals surface area contributed by atoms with Gasteiger partial charge in [0.15, 0.2) is 0 Å². The summed E-state index contributed by atoms with van der Waals surface area (Å²) in [6.07, 6.45) is 5.77.